The van der Waals surface area contributed by atoms with E-state index in [1.165, 1.54) is 11.6 Å². The van der Waals surface area contributed by atoms with Crippen molar-refractivity contribution in [2.75, 3.05) is 0 Å². The molecule has 0 fully saturated rings. The maximum Gasteiger partial charge on any atom is 0.420 e. The molecule has 0 aliphatic heterocycles. The van der Waals surface area contributed by atoms with Crippen LogP contribution in [0.1, 0.15) is 0 Å². The molecule has 2 rings (SSSR count). The van der Waals surface area contributed by atoms with E-state index in [1.807, 2.05) is 0 Å². The third-order valence-corrected chi connectivity index (χ3v) is 3.20. The second-order valence-corrected chi connectivity index (χ2v) is 5.42. The van der Waals surface area contributed by atoms with Crippen LogP contribution in [0.25, 0.3) is 11.2 Å². The van der Waals surface area contributed by atoms with Crippen LogP contribution in [-0.2, 0) is 16.1 Å². The van der Waals surface area contributed by atoms with E-state index in [4.69, 9.17) is 15.1 Å². The van der Waals surface area contributed by atoms with Crippen molar-refractivity contribution in [3.63, 3.8) is 0 Å². The largest absolute Gasteiger partial charge is 0.420 e. The summed E-state index contributed by atoms with van der Waals surface area (Å²) in [5.74, 6) is -0.610. The van der Waals surface area contributed by atoms with Crippen molar-refractivity contribution >= 4 is 31.0 Å². The third-order valence-electron chi connectivity index (χ3n) is 1.88. The fraction of sp³-hybridized carbons (Fsp3) is 0.143. The topological polar surface area (TPSA) is 82.2 Å². The SMILES string of the molecule is Cn1c(=O)oc2cc(S(=O)(=O)Cl)cnc21. The van der Waals surface area contributed by atoms with E-state index >= 15 is 0 Å². The lowest BCUT2D eigenvalue weighted by Crippen LogP contribution is -2.08. The second kappa shape index (κ2) is 3.07. The molecule has 0 N–H and O–H groups in total. The zero-order chi connectivity index (χ0) is 11.2. The van der Waals surface area contributed by atoms with E-state index in [2.05, 4.69) is 4.98 Å². The predicted octanol–water partition coefficient (Wildman–Crippen LogP) is 0.454. The lowest BCUT2D eigenvalue weighted by atomic mass is 10.4. The van der Waals surface area contributed by atoms with Crippen LogP contribution in [0.4, 0.5) is 0 Å². The van der Waals surface area contributed by atoms with Crippen molar-refractivity contribution < 1.29 is 12.8 Å². The van der Waals surface area contributed by atoms with Gasteiger partial charge in [-0.15, -0.1) is 0 Å². The number of hydrogen-bond acceptors (Lipinski definition) is 5. The first-order valence-electron chi connectivity index (χ1n) is 3.80. The molecule has 8 heteroatoms. The number of rotatable bonds is 1. The van der Waals surface area contributed by atoms with Gasteiger partial charge < -0.3 is 4.42 Å². The van der Waals surface area contributed by atoms with Crippen LogP contribution in [0.3, 0.4) is 0 Å². The number of halogens is 1. The van der Waals surface area contributed by atoms with Gasteiger partial charge in [-0.25, -0.2) is 18.2 Å². The van der Waals surface area contributed by atoms with Crippen LogP contribution < -0.4 is 5.76 Å². The fourth-order valence-corrected chi connectivity index (χ4v) is 1.81. The molecule has 80 valence electrons. The maximum absolute atomic E-state index is 11.1. The molecule has 0 spiro atoms. The Morgan fingerprint density at radius 2 is 2.20 bits per heavy atom. The van der Waals surface area contributed by atoms with E-state index < -0.39 is 14.8 Å². The van der Waals surface area contributed by atoms with E-state index in [0.29, 0.717) is 0 Å². The Bertz CT molecular complexity index is 685. The molecule has 2 aromatic rings. The molecular weight excluding hydrogens is 244 g/mol. The summed E-state index contributed by atoms with van der Waals surface area (Å²) in [7, 11) is 2.72. The third kappa shape index (κ3) is 1.64. The normalized spacial score (nSPS) is 12.1. The molecule has 0 unspecified atom stereocenters. The van der Waals surface area contributed by atoms with Crippen LogP contribution in [0.5, 0.6) is 0 Å². The summed E-state index contributed by atoms with van der Waals surface area (Å²) in [6, 6.07) is 1.16. The van der Waals surface area contributed by atoms with Crippen molar-refractivity contribution in [1.29, 1.82) is 0 Å². The molecule has 0 saturated heterocycles. The average molecular weight is 249 g/mol. The molecule has 15 heavy (non-hydrogen) atoms. The van der Waals surface area contributed by atoms with Crippen molar-refractivity contribution in [2.24, 2.45) is 7.05 Å². The number of nitrogens with zero attached hydrogens (tertiary/aromatic N) is 2. The number of hydrogen-bond donors (Lipinski definition) is 0. The number of fused-ring (bicyclic) bond motifs is 1. The van der Waals surface area contributed by atoms with E-state index in [1.54, 1.807) is 0 Å². The molecule has 2 aromatic heterocycles. The maximum atomic E-state index is 11.1. The summed E-state index contributed by atoms with van der Waals surface area (Å²) in [5, 5.41) is 0. The van der Waals surface area contributed by atoms with Gasteiger partial charge in [0, 0.05) is 30.0 Å². The highest BCUT2D eigenvalue weighted by molar-refractivity contribution is 8.13. The highest BCUT2D eigenvalue weighted by atomic mass is 35.7. The van der Waals surface area contributed by atoms with E-state index in [9.17, 15) is 13.2 Å². The van der Waals surface area contributed by atoms with Crippen LogP contribution in [0.2, 0.25) is 0 Å². The quantitative estimate of drug-likeness (QED) is 0.685. The zero-order valence-corrected chi connectivity index (χ0v) is 9.04. The lowest BCUT2D eigenvalue weighted by Gasteiger charge is -1.94. The van der Waals surface area contributed by atoms with Gasteiger partial charge in [-0.2, -0.15) is 0 Å². The minimum atomic E-state index is -3.86. The smallest absolute Gasteiger partial charge is 0.406 e. The average Bonchev–Trinajstić information content (AvgIpc) is 2.41. The molecule has 0 bridgehead atoms. The lowest BCUT2D eigenvalue weighted by molar-refractivity contribution is 0.527. The second-order valence-electron chi connectivity index (χ2n) is 2.86. The number of aryl methyl sites for hydroxylation is 1. The first kappa shape index (κ1) is 10.2. The summed E-state index contributed by atoms with van der Waals surface area (Å²) in [4.78, 5) is 14.6. The monoisotopic (exact) mass is 248 g/mol. The van der Waals surface area contributed by atoms with Gasteiger partial charge in [0.1, 0.15) is 4.90 Å². The van der Waals surface area contributed by atoms with Crippen molar-refractivity contribution in [3.8, 4) is 0 Å². The van der Waals surface area contributed by atoms with Gasteiger partial charge in [-0.05, 0) is 0 Å². The standard InChI is InChI=1S/C7H5ClN2O4S/c1-10-6-5(14-7(10)11)2-4(3-9-6)15(8,12)13/h2-3H,1H3. The van der Waals surface area contributed by atoms with Crippen LogP contribution in [0.15, 0.2) is 26.4 Å². The molecule has 0 atom stereocenters. The first-order chi connectivity index (χ1) is 6.89. The Kier molecular flexibility index (Phi) is 2.09. The Hall–Kier alpha value is -1.34. The minimum Gasteiger partial charge on any atom is -0.406 e. The molecule has 0 aliphatic rings. The number of aromatic nitrogens is 2. The number of pyridine rings is 1. The van der Waals surface area contributed by atoms with Gasteiger partial charge in [0.25, 0.3) is 9.05 Å². The van der Waals surface area contributed by atoms with Gasteiger partial charge in [-0.1, -0.05) is 0 Å². The zero-order valence-electron chi connectivity index (χ0n) is 7.47. The van der Waals surface area contributed by atoms with Crippen LogP contribution in [-0.4, -0.2) is 18.0 Å². The molecule has 0 aliphatic carbocycles. The summed E-state index contributed by atoms with van der Waals surface area (Å²) in [6.07, 6.45) is 1.07. The Labute approximate surface area is 88.5 Å². The Morgan fingerprint density at radius 3 is 2.80 bits per heavy atom. The van der Waals surface area contributed by atoms with Crippen molar-refractivity contribution in [2.45, 2.75) is 4.90 Å². The summed E-state index contributed by atoms with van der Waals surface area (Å²) in [5.41, 5.74) is 0.355. The van der Waals surface area contributed by atoms with Crippen molar-refractivity contribution in [3.05, 3.63) is 22.8 Å². The number of oxazole rings is 1. The molecule has 0 amide bonds. The van der Waals surface area contributed by atoms with E-state index in [-0.39, 0.29) is 16.1 Å². The Morgan fingerprint density at radius 1 is 1.53 bits per heavy atom. The molecule has 0 saturated carbocycles. The summed E-state index contributed by atoms with van der Waals surface area (Å²) in [6.45, 7) is 0. The van der Waals surface area contributed by atoms with Gasteiger partial charge in [-0.3, -0.25) is 4.57 Å². The summed E-state index contributed by atoms with van der Waals surface area (Å²) < 4.78 is 27.9. The fourth-order valence-electron chi connectivity index (χ4n) is 1.13. The molecule has 0 radical (unpaired) electrons. The van der Waals surface area contributed by atoms with Gasteiger partial charge in [0.05, 0.1) is 0 Å². The highest BCUT2D eigenvalue weighted by Gasteiger charge is 2.14. The molecule has 2 heterocycles. The van der Waals surface area contributed by atoms with Crippen LogP contribution >= 0.6 is 10.7 Å². The van der Waals surface area contributed by atoms with Gasteiger partial charge in [0.2, 0.25) is 0 Å². The molecular formula is C7H5ClN2O4S. The van der Waals surface area contributed by atoms with Crippen molar-refractivity contribution in [1.82, 2.24) is 9.55 Å². The van der Waals surface area contributed by atoms with E-state index in [0.717, 1.165) is 12.3 Å². The van der Waals surface area contributed by atoms with Gasteiger partial charge >= 0.3 is 5.76 Å². The summed E-state index contributed by atoms with van der Waals surface area (Å²) >= 11 is 0. The minimum absolute atomic E-state index is 0.0872. The predicted molar refractivity (Wildman–Crippen MR) is 52.3 cm³/mol. The first-order valence-corrected chi connectivity index (χ1v) is 6.11. The molecule has 0 aromatic carbocycles. The molecule has 6 nitrogen and oxygen atoms in total. The highest BCUT2D eigenvalue weighted by Crippen LogP contribution is 2.18. The van der Waals surface area contributed by atoms with Gasteiger partial charge in [0.15, 0.2) is 11.2 Å². The van der Waals surface area contributed by atoms with Crippen LogP contribution in [0, 0.1) is 0 Å². The Balaban J connectivity index is 2.84.